The summed E-state index contributed by atoms with van der Waals surface area (Å²) < 4.78 is 23.4. The van der Waals surface area contributed by atoms with Crippen molar-refractivity contribution in [2.75, 3.05) is 19.3 Å². The van der Waals surface area contributed by atoms with E-state index >= 15 is 0 Å². The summed E-state index contributed by atoms with van der Waals surface area (Å²) in [4.78, 5) is 24.1. The van der Waals surface area contributed by atoms with Gasteiger partial charge in [0.2, 0.25) is 5.91 Å². The average Bonchev–Trinajstić information content (AvgIpc) is 2.47. The molecule has 1 aromatic rings. The molecule has 0 saturated carbocycles. The molecule has 1 amide bonds. The van der Waals surface area contributed by atoms with E-state index in [-0.39, 0.29) is 29.4 Å². The van der Waals surface area contributed by atoms with Crippen LogP contribution in [0.25, 0.3) is 0 Å². The number of hydrogen-bond acceptors (Lipinski definition) is 4. The third-order valence-corrected chi connectivity index (χ3v) is 5.08. The Balaban J connectivity index is 2.59. The highest BCUT2D eigenvalue weighted by Crippen LogP contribution is 2.13. The second-order valence-corrected chi connectivity index (χ2v) is 7.31. The van der Waals surface area contributed by atoms with E-state index in [1.807, 2.05) is 0 Å². The Morgan fingerprint density at radius 1 is 1.18 bits per heavy atom. The minimum Gasteiger partial charge on any atom is -0.481 e. The van der Waals surface area contributed by atoms with Crippen molar-refractivity contribution >= 4 is 21.7 Å². The number of amides is 1. The molecule has 0 unspecified atom stereocenters. The average molecular weight is 327 g/mol. The second kappa shape index (κ2) is 7.93. The van der Waals surface area contributed by atoms with Crippen molar-refractivity contribution in [2.45, 2.75) is 31.1 Å². The lowest BCUT2D eigenvalue weighted by Gasteiger charge is -2.16. The van der Waals surface area contributed by atoms with Crippen LogP contribution in [-0.4, -0.2) is 49.6 Å². The molecule has 0 heterocycles. The van der Waals surface area contributed by atoms with Crippen molar-refractivity contribution in [1.29, 1.82) is 0 Å². The van der Waals surface area contributed by atoms with Crippen LogP contribution in [0.4, 0.5) is 0 Å². The van der Waals surface area contributed by atoms with Gasteiger partial charge in [0.05, 0.1) is 17.1 Å². The van der Waals surface area contributed by atoms with Crippen LogP contribution in [0.15, 0.2) is 29.2 Å². The first-order valence-electron chi connectivity index (χ1n) is 7.03. The third kappa shape index (κ3) is 5.48. The molecule has 0 saturated heterocycles. The van der Waals surface area contributed by atoms with E-state index in [1.54, 1.807) is 26.1 Å². The number of sulfone groups is 1. The Morgan fingerprint density at radius 2 is 1.77 bits per heavy atom. The fourth-order valence-corrected chi connectivity index (χ4v) is 2.77. The number of rotatable bonds is 8. The van der Waals surface area contributed by atoms with Gasteiger partial charge in [-0.2, -0.15) is 0 Å². The van der Waals surface area contributed by atoms with Gasteiger partial charge in [0.1, 0.15) is 0 Å². The molecule has 1 rings (SSSR count). The van der Waals surface area contributed by atoms with Gasteiger partial charge in [0.25, 0.3) is 0 Å². The van der Waals surface area contributed by atoms with Gasteiger partial charge in [0.15, 0.2) is 9.84 Å². The highest BCUT2D eigenvalue weighted by molar-refractivity contribution is 7.91. The van der Waals surface area contributed by atoms with Crippen LogP contribution < -0.4 is 0 Å². The number of aliphatic carboxylic acids is 1. The normalized spacial score (nSPS) is 11.2. The summed E-state index contributed by atoms with van der Waals surface area (Å²) in [5.74, 6) is -0.970. The van der Waals surface area contributed by atoms with E-state index in [0.29, 0.717) is 13.0 Å². The van der Waals surface area contributed by atoms with E-state index < -0.39 is 15.8 Å². The Hall–Kier alpha value is -1.89. The van der Waals surface area contributed by atoms with Crippen molar-refractivity contribution < 1.29 is 23.1 Å². The first kappa shape index (κ1) is 18.2. The van der Waals surface area contributed by atoms with Crippen LogP contribution in [0, 0.1) is 0 Å². The summed E-state index contributed by atoms with van der Waals surface area (Å²) in [5.41, 5.74) is 0.727. The predicted molar refractivity (Wildman–Crippen MR) is 82.4 cm³/mol. The predicted octanol–water partition coefficient (Wildman–Crippen LogP) is 1.35. The summed E-state index contributed by atoms with van der Waals surface area (Å²) >= 11 is 0. The maximum Gasteiger partial charge on any atom is 0.303 e. The molecular weight excluding hydrogens is 306 g/mol. The lowest BCUT2D eigenvalue weighted by molar-refractivity contribution is -0.138. The van der Waals surface area contributed by atoms with Gasteiger partial charge in [-0.1, -0.05) is 19.1 Å². The molecular formula is C15H21NO5S. The van der Waals surface area contributed by atoms with Crippen molar-refractivity contribution in [3.63, 3.8) is 0 Å². The summed E-state index contributed by atoms with van der Waals surface area (Å²) in [5, 5.41) is 8.56. The monoisotopic (exact) mass is 327 g/mol. The van der Waals surface area contributed by atoms with E-state index in [4.69, 9.17) is 5.11 Å². The molecule has 0 spiro atoms. The minimum atomic E-state index is -3.23. The van der Waals surface area contributed by atoms with Crippen molar-refractivity contribution in [1.82, 2.24) is 4.90 Å². The third-order valence-electron chi connectivity index (χ3n) is 3.33. The SMILES string of the molecule is CCS(=O)(=O)c1ccc(CC(=O)N(C)CCCC(=O)O)cc1. The zero-order chi connectivity index (χ0) is 16.8. The largest absolute Gasteiger partial charge is 0.481 e. The zero-order valence-corrected chi connectivity index (χ0v) is 13.6. The Bertz CT molecular complexity index is 622. The van der Waals surface area contributed by atoms with Gasteiger partial charge < -0.3 is 10.0 Å². The number of hydrogen-bond donors (Lipinski definition) is 1. The molecule has 0 bridgehead atoms. The van der Waals surface area contributed by atoms with Crippen molar-refractivity contribution in [3.05, 3.63) is 29.8 Å². The zero-order valence-electron chi connectivity index (χ0n) is 12.8. The van der Waals surface area contributed by atoms with Crippen LogP contribution >= 0.6 is 0 Å². The van der Waals surface area contributed by atoms with Crippen LogP contribution in [-0.2, 0) is 25.8 Å². The van der Waals surface area contributed by atoms with Gasteiger partial charge >= 0.3 is 5.97 Å². The van der Waals surface area contributed by atoms with Gasteiger partial charge in [-0.15, -0.1) is 0 Å². The van der Waals surface area contributed by atoms with E-state index in [9.17, 15) is 18.0 Å². The molecule has 0 fully saturated rings. The number of likely N-dealkylation sites (N-methyl/N-ethyl adjacent to an activating group) is 1. The van der Waals surface area contributed by atoms with Gasteiger partial charge in [-0.3, -0.25) is 9.59 Å². The number of carboxylic acid groups (broad SMARTS) is 1. The Morgan fingerprint density at radius 3 is 2.27 bits per heavy atom. The lowest BCUT2D eigenvalue weighted by atomic mass is 10.1. The molecule has 0 radical (unpaired) electrons. The summed E-state index contributed by atoms with van der Waals surface area (Å²) in [6.07, 6.45) is 0.600. The standard InChI is InChI=1S/C15H21NO5S/c1-3-22(20,21)13-8-6-12(7-9-13)11-14(17)16(2)10-4-5-15(18)19/h6-9H,3-5,10-11H2,1-2H3,(H,18,19). The minimum absolute atomic E-state index is 0.0290. The smallest absolute Gasteiger partial charge is 0.303 e. The first-order valence-corrected chi connectivity index (χ1v) is 8.69. The number of benzene rings is 1. The molecule has 0 aliphatic rings. The molecule has 122 valence electrons. The summed E-state index contributed by atoms with van der Waals surface area (Å²) in [7, 11) is -1.61. The van der Waals surface area contributed by atoms with Gasteiger partial charge in [0, 0.05) is 20.0 Å². The van der Waals surface area contributed by atoms with Crippen molar-refractivity contribution in [2.24, 2.45) is 0 Å². The molecule has 6 nitrogen and oxygen atoms in total. The quantitative estimate of drug-likeness (QED) is 0.778. The fraction of sp³-hybridized carbons (Fsp3) is 0.467. The number of carboxylic acids is 1. The summed E-state index contributed by atoms with van der Waals surface area (Å²) in [6.45, 7) is 1.96. The van der Waals surface area contributed by atoms with Crippen LogP contribution in [0.3, 0.4) is 0 Å². The first-order chi connectivity index (χ1) is 10.3. The van der Waals surface area contributed by atoms with Crippen LogP contribution in [0.1, 0.15) is 25.3 Å². The topological polar surface area (TPSA) is 91.8 Å². The van der Waals surface area contributed by atoms with E-state index in [1.165, 1.54) is 17.0 Å². The van der Waals surface area contributed by atoms with E-state index in [0.717, 1.165) is 5.56 Å². The maximum atomic E-state index is 12.0. The lowest BCUT2D eigenvalue weighted by Crippen LogP contribution is -2.29. The molecule has 1 N–H and O–H groups in total. The number of carbonyl (C=O) groups excluding carboxylic acids is 1. The molecule has 1 aromatic carbocycles. The Labute approximate surface area is 130 Å². The highest BCUT2D eigenvalue weighted by atomic mass is 32.2. The van der Waals surface area contributed by atoms with Gasteiger partial charge in [-0.05, 0) is 24.1 Å². The Kier molecular flexibility index (Phi) is 6.55. The molecule has 7 heteroatoms. The number of nitrogens with zero attached hydrogens (tertiary/aromatic N) is 1. The van der Waals surface area contributed by atoms with E-state index in [2.05, 4.69) is 0 Å². The fourth-order valence-electron chi connectivity index (χ4n) is 1.88. The maximum absolute atomic E-state index is 12.0. The second-order valence-electron chi connectivity index (χ2n) is 5.04. The van der Waals surface area contributed by atoms with Crippen LogP contribution in [0.5, 0.6) is 0 Å². The molecule has 0 aliphatic carbocycles. The highest BCUT2D eigenvalue weighted by Gasteiger charge is 2.13. The van der Waals surface area contributed by atoms with Crippen LogP contribution in [0.2, 0.25) is 0 Å². The molecule has 0 aliphatic heterocycles. The summed E-state index contributed by atoms with van der Waals surface area (Å²) in [6, 6.07) is 6.27. The molecule has 0 atom stereocenters. The molecule has 0 aromatic heterocycles. The van der Waals surface area contributed by atoms with Gasteiger partial charge in [-0.25, -0.2) is 8.42 Å². The number of carbonyl (C=O) groups is 2. The van der Waals surface area contributed by atoms with Crippen molar-refractivity contribution in [3.8, 4) is 0 Å². The molecule has 22 heavy (non-hydrogen) atoms.